The number of anilines is 1. The second-order valence-electron chi connectivity index (χ2n) is 12.1. The molecule has 2 saturated heterocycles. The minimum atomic E-state index is -0.903. The minimum Gasteiger partial charge on any atom is -0.443 e. The van der Waals surface area contributed by atoms with Gasteiger partial charge in [0.2, 0.25) is 0 Å². The molecule has 11 heteroatoms. The van der Waals surface area contributed by atoms with Gasteiger partial charge in [-0.05, 0) is 74.8 Å². The van der Waals surface area contributed by atoms with Crippen LogP contribution in [0.15, 0.2) is 18.6 Å². The Morgan fingerprint density at radius 3 is 2.19 bits per heavy atom. The van der Waals surface area contributed by atoms with Gasteiger partial charge in [0.15, 0.2) is 17.8 Å². The Kier molecular flexibility index (Phi) is 6.58. The van der Waals surface area contributed by atoms with E-state index in [2.05, 4.69) is 9.97 Å². The summed E-state index contributed by atoms with van der Waals surface area (Å²) in [6.45, 7) is 18.1. The van der Waals surface area contributed by atoms with E-state index in [0.717, 1.165) is 11.3 Å². The highest BCUT2D eigenvalue weighted by Gasteiger charge is 2.63. The predicted octanol–water partition coefficient (Wildman–Crippen LogP) is 5.33. The lowest BCUT2D eigenvalue weighted by molar-refractivity contribution is -0.210. The first-order valence-electron chi connectivity index (χ1n) is 12.6. The molecule has 0 radical (unpaired) electrons. The van der Waals surface area contributed by atoms with E-state index >= 15 is 0 Å². The summed E-state index contributed by atoms with van der Waals surface area (Å²) in [6, 6.07) is 1.73. The van der Waals surface area contributed by atoms with Crippen LogP contribution in [0, 0.1) is 0 Å². The Balaban J connectivity index is 1.78. The number of hydrogen-bond acceptors (Lipinski definition) is 9. The van der Waals surface area contributed by atoms with Gasteiger partial charge >= 0.3 is 12.2 Å². The number of imide groups is 1. The number of amides is 2. The second-order valence-corrected chi connectivity index (χ2v) is 12.1. The van der Waals surface area contributed by atoms with E-state index in [-0.39, 0.29) is 11.9 Å². The number of aromatic nitrogens is 3. The Hall–Kier alpha value is -2.76. The average Bonchev–Trinajstić information content (AvgIpc) is 3.32. The molecular formula is C26H38N4O7. The minimum absolute atomic E-state index is 0.0453. The average molecular weight is 519 g/mol. The highest BCUT2D eigenvalue weighted by atomic mass is 16.8. The molecule has 2 aromatic heterocycles. The lowest BCUT2D eigenvalue weighted by atomic mass is 9.93. The molecule has 0 spiro atoms. The third-order valence-corrected chi connectivity index (χ3v) is 6.14. The van der Waals surface area contributed by atoms with Gasteiger partial charge in [0.05, 0.1) is 11.5 Å². The number of carbonyl (C=O) groups is 2. The van der Waals surface area contributed by atoms with Gasteiger partial charge in [-0.25, -0.2) is 19.6 Å². The van der Waals surface area contributed by atoms with Gasteiger partial charge in [0, 0.05) is 6.20 Å². The van der Waals surface area contributed by atoms with Gasteiger partial charge < -0.3 is 28.3 Å². The fourth-order valence-corrected chi connectivity index (χ4v) is 4.92. The van der Waals surface area contributed by atoms with Crippen molar-refractivity contribution in [1.82, 2.24) is 14.5 Å². The number of nitrogens with zero attached hydrogens (tertiary/aromatic N) is 4. The molecule has 2 amide bonds. The Bertz CT molecular complexity index is 1170. The number of carbonyl (C=O) groups excluding carboxylic acids is 2. The van der Waals surface area contributed by atoms with Crippen molar-refractivity contribution >= 4 is 29.0 Å². The van der Waals surface area contributed by atoms with Crippen molar-refractivity contribution in [2.75, 3.05) is 4.90 Å². The number of rotatable bonds is 3. The fraction of sp³-hybridized carbons (Fsp3) is 0.692. The van der Waals surface area contributed by atoms with Crippen LogP contribution in [0.3, 0.4) is 0 Å². The molecule has 0 aromatic carbocycles. The van der Waals surface area contributed by atoms with Crippen molar-refractivity contribution in [3.8, 4) is 0 Å². The van der Waals surface area contributed by atoms with Crippen molar-refractivity contribution < 1.29 is 33.3 Å². The van der Waals surface area contributed by atoms with Crippen LogP contribution >= 0.6 is 0 Å². The molecule has 2 aliphatic heterocycles. The summed E-state index contributed by atoms with van der Waals surface area (Å²) in [5.74, 6) is -0.730. The van der Waals surface area contributed by atoms with E-state index in [9.17, 15) is 9.59 Å². The van der Waals surface area contributed by atoms with Crippen LogP contribution in [-0.4, -0.2) is 61.5 Å². The first kappa shape index (κ1) is 27.3. The van der Waals surface area contributed by atoms with Crippen LogP contribution in [0.5, 0.6) is 0 Å². The quantitative estimate of drug-likeness (QED) is 0.532. The van der Waals surface area contributed by atoms with Crippen molar-refractivity contribution in [3.63, 3.8) is 0 Å². The Morgan fingerprint density at radius 2 is 1.65 bits per heavy atom. The molecule has 4 rings (SSSR count). The van der Waals surface area contributed by atoms with Gasteiger partial charge in [-0.1, -0.05) is 6.92 Å². The number of hydrogen-bond donors (Lipinski definition) is 0. The van der Waals surface area contributed by atoms with Crippen molar-refractivity contribution in [2.24, 2.45) is 0 Å². The standard InChI is InChI=1S/C26H38N4O7/c1-11-16-26(10)17(34-25(8,9)37-26)20(33-16)29-13-12-15-18(29)27-14-28-19(15)30(21(31)35-23(2,3)4)22(32)36-24(5,6)7/h12-14,16-17,20H,11H2,1-10H3/t16-,17+,20-,26-/m1/s1. The summed E-state index contributed by atoms with van der Waals surface area (Å²) in [5, 5.41) is 0.447. The van der Waals surface area contributed by atoms with Crippen molar-refractivity contribution in [3.05, 3.63) is 18.6 Å². The molecule has 2 aromatic rings. The first-order chi connectivity index (χ1) is 17.0. The van der Waals surface area contributed by atoms with Gasteiger partial charge in [0.25, 0.3) is 0 Å². The zero-order valence-corrected chi connectivity index (χ0v) is 23.3. The Labute approximate surface area is 217 Å². The highest BCUT2D eigenvalue weighted by Crippen LogP contribution is 2.51. The van der Waals surface area contributed by atoms with Crippen molar-refractivity contribution in [1.29, 1.82) is 0 Å². The van der Waals surface area contributed by atoms with Crippen LogP contribution in [0.1, 0.15) is 81.9 Å². The van der Waals surface area contributed by atoms with Gasteiger partial charge in [0.1, 0.15) is 34.9 Å². The first-order valence-corrected chi connectivity index (χ1v) is 12.6. The van der Waals surface area contributed by atoms with Crippen LogP contribution < -0.4 is 4.90 Å². The summed E-state index contributed by atoms with van der Waals surface area (Å²) in [6.07, 6.45) is 0.832. The second kappa shape index (κ2) is 8.92. The maximum Gasteiger partial charge on any atom is 0.425 e. The van der Waals surface area contributed by atoms with Crippen LogP contribution in [0.25, 0.3) is 11.0 Å². The zero-order valence-electron chi connectivity index (χ0n) is 23.3. The van der Waals surface area contributed by atoms with E-state index in [0.29, 0.717) is 11.0 Å². The molecule has 37 heavy (non-hydrogen) atoms. The SMILES string of the molecule is CC[C@H]1O[C@@H](n2ccc3c(N(C(=O)OC(C)(C)C)C(=O)OC(C)(C)C)ncnc32)[C@@H]2OC(C)(C)O[C@]12C. The summed E-state index contributed by atoms with van der Waals surface area (Å²) >= 11 is 0. The molecular weight excluding hydrogens is 480 g/mol. The summed E-state index contributed by atoms with van der Waals surface area (Å²) in [4.78, 5) is 36.0. The third kappa shape index (κ3) is 5.17. The maximum absolute atomic E-state index is 13.2. The van der Waals surface area contributed by atoms with Gasteiger partial charge in [-0.2, -0.15) is 4.90 Å². The Morgan fingerprint density at radius 1 is 1.05 bits per heavy atom. The molecule has 11 nitrogen and oxygen atoms in total. The topological polar surface area (TPSA) is 114 Å². The van der Waals surface area contributed by atoms with Gasteiger partial charge in [-0.15, -0.1) is 0 Å². The molecule has 0 aliphatic carbocycles. The van der Waals surface area contributed by atoms with E-state index in [1.165, 1.54) is 6.33 Å². The van der Waals surface area contributed by atoms with E-state index in [4.69, 9.17) is 23.7 Å². The lowest BCUT2D eigenvalue weighted by Gasteiger charge is -2.28. The van der Waals surface area contributed by atoms with Crippen molar-refractivity contribution in [2.45, 2.75) is 117 Å². The number of fused-ring (bicyclic) bond motifs is 2. The van der Waals surface area contributed by atoms with Crippen LogP contribution in [-0.2, 0) is 23.7 Å². The highest BCUT2D eigenvalue weighted by molar-refractivity contribution is 6.13. The normalized spacial score (nSPS) is 27.2. The zero-order chi connectivity index (χ0) is 27.6. The third-order valence-electron chi connectivity index (χ3n) is 6.14. The maximum atomic E-state index is 13.2. The van der Waals surface area contributed by atoms with E-state index in [1.54, 1.807) is 53.8 Å². The molecule has 0 N–H and O–H groups in total. The molecule has 0 saturated carbocycles. The predicted molar refractivity (Wildman–Crippen MR) is 135 cm³/mol. The number of ether oxygens (including phenoxy) is 5. The monoisotopic (exact) mass is 518 g/mol. The summed E-state index contributed by atoms with van der Waals surface area (Å²) in [7, 11) is 0. The fourth-order valence-electron chi connectivity index (χ4n) is 4.92. The summed E-state index contributed by atoms with van der Waals surface area (Å²) < 4.78 is 31.9. The molecule has 2 fully saturated rings. The van der Waals surface area contributed by atoms with Gasteiger partial charge in [-0.3, -0.25) is 0 Å². The van der Waals surface area contributed by atoms with Crippen LogP contribution in [0.4, 0.5) is 15.4 Å². The molecule has 204 valence electrons. The lowest BCUT2D eigenvalue weighted by Crippen LogP contribution is -2.44. The van der Waals surface area contributed by atoms with E-state index in [1.807, 2.05) is 32.3 Å². The molecule has 4 atom stereocenters. The molecule has 0 unspecified atom stereocenters. The summed E-state index contributed by atoms with van der Waals surface area (Å²) in [5.41, 5.74) is -1.90. The molecule has 2 aliphatic rings. The molecule has 4 heterocycles. The van der Waals surface area contributed by atoms with E-state index < -0.39 is 47.1 Å². The smallest absolute Gasteiger partial charge is 0.425 e. The largest absolute Gasteiger partial charge is 0.443 e. The van der Waals surface area contributed by atoms with Crippen LogP contribution in [0.2, 0.25) is 0 Å². The molecule has 0 bridgehead atoms.